The fourth-order valence-electron chi connectivity index (χ4n) is 2.38. The molecule has 0 aromatic carbocycles. The minimum Gasteiger partial charge on any atom is -0.383 e. The Morgan fingerprint density at radius 3 is 2.63 bits per heavy atom. The van der Waals surface area contributed by atoms with Gasteiger partial charge in [-0.15, -0.1) is 0 Å². The molecule has 0 unspecified atom stereocenters. The molecule has 1 saturated heterocycles. The van der Waals surface area contributed by atoms with Crippen LogP contribution in [0.4, 0.5) is 5.82 Å². The Morgan fingerprint density at radius 2 is 2.11 bits per heavy atom. The van der Waals surface area contributed by atoms with Crippen LogP contribution in [0.2, 0.25) is 0 Å². The third-order valence-electron chi connectivity index (χ3n) is 3.55. The Morgan fingerprint density at radius 1 is 1.37 bits per heavy atom. The number of nitrogens with zero attached hydrogens (tertiary/aromatic N) is 4. The lowest BCUT2D eigenvalue weighted by Gasteiger charge is -2.38. The van der Waals surface area contributed by atoms with Crippen LogP contribution in [0, 0.1) is 11.3 Å². The van der Waals surface area contributed by atoms with Crippen molar-refractivity contribution >= 4 is 5.82 Å². The van der Waals surface area contributed by atoms with Gasteiger partial charge < -0.3 is 9.64 Å². The van der Waals surface area contributed by atoms with E-state index in [1.165, 1.54) is 0 Å². The molecule has 0 amide bonds. The van der Waals surface area contributed by atoms with Crippen molar-refractivity contribution in [1.29, 1.82) is 5.26 Å². The summed E-state index contributed by atoms with van der Waals surface area (Å²) in [5.74, 6) is 0.957. The minimum absolute atomic E-state index is 0.459. The molecular formula is C14H20N4O. The first-order chi connectivity index (χ1) is 9.24. The van der Waals surface area contributed by atoms with Crippen LogP contribution >= 0.6 is 0 Å². The quantitative estimate of drug-likeness (QED) is 0.811. The Labute approximate surface area is 114 Å². The van der Waals surface area contributed by atoms with Crippen LogP contribution in [-0.4, -0.2) is 55.8 Å². The van der Waals surface area contributed by atoms with Crippen molar-refractivity contribution in [2.24, 2.45) is 0 Å². The van der Waals surface area contributed by atoms with Gasteiger partial charge >= 0.3 is 0 Å². The van der Waals surface area contributed by atoms with Gasteiger partial charge in [-0.3, -0.25) is 4.90 Å². The molecule has 19 heavy (non-hydrogen) atoms. The van der Waals surface area contributed by atoms with Gasteiger partial charge in [0.1, 0.15) is 11.9 Å². The number of ether oxygens (including phenoxy) is 1. The van der Waals surface area contributed by atoms with Gasteiger partial charge in [-0.2, -0.15) is 5.26 Å². The van der Waals surface area contributed by atoms with Gasteiger partial charge in [-0.25, -0.2) is 4.98 Å². The van der Waals surface area contributed by atoms with E-state index in [0.717, 1.165) is 38.6 Å². The maximum Gasteiger partial charge on any atom is 0.128 e. The monoisotopic (exact) mass is 260 g/mol. The Kier molecular flexibility index (Phi) is 4.72. The number of hydrogen-bond acceptors (Lipinski definition) is 5. The van der Waals surface area contributed by atoms with Gasteiger partial charge in [-0.05, 0) is 19.1 Å². The molecule has 0 spiro atoms. The van der Waals surface area contributed by atoms with E-state index in [2.05, 4.69) is 27.8 Å². The summed E-state index contributed by atoms with van der Waals surface area (Å²) in [5, 5.41) is 8.76. The number of aromatic nitrogens is 1. The van der Waals surface area contributed by atoms with E-state index in [0.29, 0.717) is 11.6 Å². The lowest BCUT2D eigenvalue weighted by molar-refractivity contribution is 0.0952. The molecule has 1 atom stereocenters. The fourth-order valence-corrected chi connectivity index (χ4v) is 2.38. The molecule has 5 nitrogen and oxygen atoms in total. The van der Waals surface area contributed by atoms with Crippen molar-refractivity contribution < 1.29 is 4.74 Å². The summed E-state index contributed by atoms with van der Waals surface area (Å²) < 4.78 is 5.20. The van der Waals surface area contributed by atoms with E-state index in [-0.39, 0.29) is 0 Å². The number of pyridine rings is 1. The average molecular weight is 260 g/mol. The molecule has 1 aliphatic heterocycles. The average Bonchev–Trinajstić information content (AvgIpc) is 2.48. The van der Waals surface area contributed by atoms with Crippen LogP contribution in [-0.2, 0) is 4.74 Å². The number of piperazine rings is 1. The third-order valence-corrected chi connectivity index (χ3v) is 3.55. The molecule has 5 heteroatoms. The van der Waals surface area contributed by atoms with E-state index in [9.17, 15) is 0 Å². The van der Waals surface area contributed by atoms with Crippen molar-refractivity contribution in [3.05, 3.63) is 23.9 Å². The second-order valence-electron chi connectivity index (χ2n) is 4.84. The standard InChI is InChI=1S/C14H20N4O/c1-12(11-19-2)17-5-7-18(8-6-17)14-4-3-13(9-15)10-16-14/h3-4,10,12H,5-8,11H2,1-2H3/t12-/m1/s1. The number of methoxy groups -OCH3 is 1. The highest BCUT2D eigenvalue weighted by molar-refractivity contribution is 5.42. The van der Waals surface area contributed by atoms with E-state index >= 15 is 0 Å². The van der Waals surface area contributed by atoms with Crippen LogP contribution < -0.4 is 4.90 Å². The van der Waals surface area contributed by atoms with Gasteiger partial charge in [0.05, 0.1) is 12.2 Å². The molecule has 0 aliphatic carbocycles. The van der Waals surface area contributed by atoms with E-state index in [1.807, 2.05) is 12.1 Å². The number of rotatable bonds is 4. The highest BCUT2D eigenvalue weighted by Crippen LogP contribution is 2.15. The molecule has 102 valence electrons. The third kappa shape index (κ3) is 3.43. The molecule has 1 aliphatic rings. The van der Waals surface area contributed by atoms with Gasteiger partial charge in [0, 0.05) is 45.5 Å². The first-order valence-corrected chi connectivity index (χ1v) is 6.58. The van der Waals surface area contributed by atoms with Crippen molar-refractivity contribution in [3.63, 3.8) is 0 Å². The maximum atomic E-state index is 8.76. The highest BCUT2D eigenvalue weighted by Gasteiger charge is 2.21. The smallest absolute Gasteiger partial charge is 0.128 e. The SMILES string of the molecule is COC[C@@H](C)N1CCN(c2ccc(C#N)cn2)CC1. The molecular weight excluding hydrogens is 240 g/mol. The fraction of sp³-hybridized carbons (Fsp3) is 0.571. The molecule has 1 aromatic rings. The molecule has 0 N–H and O–H groups in total. The Balaban J connectivity index is 1.90. The normalized spacial score (nSPS) is 18.1. The first kappa shape index (κ1) is 13.8. The second kappa shape index (κ2) is 6.50. The number of nitriles is 1. The summed E-state index contributed by atoms with van der Waals surface area (Å²) in [6.45, 7) is 6.94. The van der Waals surface area contributed by atoms with E-state index in [4.69, 9.17) is 10.00 Å². The second-order valence-corrected chi connectivity index (χ2v) is 4.84. The van der Waals surface area contributed by atoms with Crippen LogP contribution in [0.15, 0.2) is 18.3 Å². The van der Waals surface area contributed by atoms with Crippen molar-refractivity contribution in [1.82, 2.24) is 9.88 Å². The molecule has 2 heterocycles. The molecule has 2 rings (SSSR count). The van der Waals surface area contributed by atoms with Gasteiger partial charge in [-0.1, -0.05) is 0 Å². The predicted octanol–water partition coefficient (Wildman–Crippen LogP) is 1.11. The number of anilines is 1. The van der Waals surface area contributed by atoms with Gasteiger partial charge in [0.25, 0.3) is 0 Å². The molecule has 0 radical (unpaired) electrons. The first-order valence-electron chi connectivity index (χ1n) is 6.58. The zero-order valence-corrected chi connectivity index (χ0v) is 11.5. The minimum atomic E-state index is 0.459. The van der Waals surface area contributed by atoms with E-state index < -0.39 is 0 Å². The van der Waals surface area contributed by atoms with Crippen LogP contribution in [0.25, 0.3) is 0 Å². The van der Waals surface area contributed by atoms with Gasteiger partial charge in [0.2, 0.25) is 0 Å². The summed E-state index contributed by atoms with van der Waals surface area (Å²) in [6.07, 6.45) is 1.63. The zero-order chi connectivity index (χ0) is 13.7. The van der Waals surface area contributed by atoms with E-state index in [1.54, 1.807) is 13.3 Å². The predicted molar refractivity (Wildman–Crippen MR) is 74.1 cm³/mol. The van der Waals surface area contributed by atoms with Crippen molar-refractivity contribution in [2.45, 2.75) is 13.0 Å². The molecule has 0 saturated carbocycles. The summed E-state index contributed by atoms with van der Waals surface area (Å²) in [4.78, 5) is 9.03. The zero-order valence-electron chi connectivity index (χ0n) is 11.5. The molecule has 1 fully saturated rings. The van der Waals surface area contributed by atoms with Crippen LogP contribution in [0.1, 0.15) is 12.5 Å². The Hall–Kier alpha value is -1.64. The molecule has 1 aromatic heterocycles. The number of hydrogen-bond donors (Lipinski definition) is 0. The van der Waals surface area contributed by atoms with Crippen molar-refractivity contribution in [3.8, 4) is 6.07 Å². The maximum absolute atomic E-state index is 8.76. The lowest BCUT2D eigenvalue weighted by Crippen LogP contribution is -2.50. The lowest BCUT2D eigenvalue weighted by atomic mass is 10.2. The van der Waals surface area contributed by atoms with Crippen LogP contribution in [0.5, 0.6) is 0 Å². The van der Waals surface area contributed by atoms with Crippen LogP contribution in [0.3, 0.4) is 0 Å². The Bertz CT molecular complexity index is 432. The summed E-state index contributed by atoms with van der Waals surface area (Å²) >= 11 is 0. The summed E-state index contributed by atoms with van der Waals surface area (Å²) in [5.41, 5.74) is 0.608. The summed E-state index contributed by atoms with van der Waals surface area (Å²) in [6, 6.07) is 6.29. The van der Waals surface area contributed by atoms with Gasteiger partial charge in [0.15, 0.2) is 0 Å². The molecule has 0 bridgehead atoms. The topological polar surface area (TPSA) is 52.4 Å². The summed E-state index contributed by atoms with van der Waals surface area (Å²) in [7, 11) is 1.74. The highest BCUT2D eigenvalue weighted by atomic mass is 16.5. The largest absolute Gasteiger partial charge is 0.383 e. The van der Waals surface area contributed by atoms with Crippen molar-refractivity contribution in [2.75, 3.05) is 44.8 Å².